The topological polar surface area (TPSA) is 122 Å². The first-order valence-electron chi connectivity index (χ1n) is 11.4. The Morgan fingerprint density at radius 1 is 1.00 bits per heavy atom. The normalized spacial score (nSPS) is 12.2. The summed E-state index contributed by atoms with van der Waals surface area (Å²) in [6, 6.07) is 18.0. The van der Waals surface area contributed by atoms with Gasteiger partial charge in [0.1, 0.15) is 5.75 Å². The molecule has 0 bridgehead atoms. The van der Waals surface area contributed by atoms with E-state index in [0.717, 1.165) is 0 Å². The van der Waals surface area contributed by atoms with Crippen molar-refractivity contribution < 1.29 is 17.9 Å². The SMILES string of the molecule is CN[C@@H](C)C(=O)Cc1cccc(S(=O)(=O)Nc2nc3ccccc3nc2Nc2cc(OC)ccc2Cl)c1. The van der Waals surface area contributed by atoms with Crippen molar-refractivity contribution in [2.24, 2.45) is 0 Å². The van der Waals surface area contributed by atoms with Crippen LogP contribution < -0.4 is 20.1 Å². The van der Waals surface area contributed by atoms with Crippen molar-refractivity contribution in [3.05, 3.63) is 77.3 Å². The first kappa shape index (κ1) is 26.3. The van der Waals surface area contributed by atoms with Crippen molar-refractivity contribution >= 4 is 55.8 Å². The van der Waals surface area contributed by atoms with Crippen LogP contribution in [0.5, 0.6) is 5.75 Å². The number of carbonyl (C=O) groups is 1. The molecular weight excluding hydrogens is 514 g/mol. The Hall–Kier alpha value is -3.73. The van der Waals surface area contributed by atoms with E-state index in [9.17, 15) is 13.2 Å². The van der Waals surface area contributed by atoms with Crippen molar-refractivity contribution in [2.45, 2.75) is 24.3 Å². The van der Waals surface area contributed by atoms with Gasteiger partial charge >= 0.3 is 0 Å². The number of likely N-dealkylation sites (N-methyl/N-ethyl adjacent to an activating group) is 1. The Kier molecular flexibility index (Phi) is 7.91. The van der Waals surface area contributed by atoms with E-state index in [2.05, 4.69) is 25.3 Å². The van der Waals surface area contributed by atoms with E-state index < -0.39 is 10.0 Å². The average Bonchev–Trinajstić information content (AvgIpc) is 2.89. The Morgan fingerprint density at radius 2 is 1.70 bits per heavy atom. The number of halogens is 1. The highest BCUT2D eigenvalue weighted by molar-refractivity contribution is 7.92. The van der Waals surface area contributed by atoms with Gasteiger partial charge in [0, 0.05) is 12.5 Å². The van der Waals surface area contributed by atoms with E-state index in [4.69, 9.17) is 16.3 Å². The van der Waals surface area contributed by atoms with Crippen LogP contribution in [0.1, 0.15) is 12.5 Å². The predicted octanol–water partition coefficient (Wildman–Crippen LogP) is 4.56. The fraction of sp³-hybridized carbons (Fsp3) is 0.192. The molecule has 0 unspecified atom stereocenters. The fourth-order valence-electron chi connectivity index (χ4n) is 3.54. The molecule has 192 valence electrons. The molecule has 4 aromatic rings. The van der Waals surface area contributed by atoms with Crippen LogP contribution in [0.4, 0.5) is 17.3 Å². The molecule has 0 amide bonds. The minimum absolute atomic E-state index is 0.00441. The maximum atomic E-state index is 13.4. The monoisotopic (exact) mass is 539 g/mol. The van der Waals surface area contributed by atoms with Gasteiger partial charge in [-0.25, -0.2) is 18.4 Å². The number of ether oxygens (including phenoxy) is 1. The maximum absolute atomic E-state index is 13.4. The lowest BCUT2D eigenvalue weighted by atomic mass is 10.1. The minimum atomic E-state index is -4.08. The summed E-state index contributed by atoms with van der Waals surface area (Å²) in [7, 11) is -0.853. The highest BCUT2D eigenvalue weighted by Gasteiger charge is 2.21. The fourth-order valence-corrected chi connectivity index (χ4v) is 4.78. The van der Waals surface area contributed by atoms with Crippen LogP contribution in [0.2, 0.25) is 5.02 Å². The summed E-state index contributed by atoms with van der Waals surface area (Å²) in [5.41, 5.74) is 2.11. The highest BCUT2D eigenvalue weighted by Crippen LogP contribution is 2.32. The summed E-state index contributed by atoms with van der Waals surface area (Å²) in [6.45, 7) is 1.76. The Morgan fingerprint density at radius 3 is 2.38 bits per heavy atom. The molecule has 37 heavy (non-hydrogen) atoms. The number of hydrogen-bond donors (Lipinski definition) is 3. The van der Waals surface area contributed by atoms with Gasteiger partial charge in [0.25, 0.3) is 10.0 Å². The summed E-state index contributed by atoms with van der Waals surface area (Å²) in [6.07, 6.45) is 0.0995. The molecule has 0 radical (unpaired) electrons. The number of nitrogens with zero attached hydrogens (tertiary/aromatic N) is 2. The zero-order valence-electron chi connectivity index (χ0n) is 20.4. The van der Waals surface area contributed by atoms with E-state index in [1.54, 1.807) is 62.5 Å². The average molecular weight is 540 g/mol. The van der Waals surface area contributed by atoms with Crippen LogP contribution in [0.15, 0.2) is 71.6 Å². The Labute approximate surface area is 220 Å². The number of sulfonamides is 1. The second kappa shape index (κ2) is 11.1. The number of fused-ring (bicyclic) bond motifs is 1. The number of methoxy groups -OCH3 is 1. The van der Waals surface area contributed by atoms with Gasteiger partial charge in [-0.15, -0.1) is 0 Å². The van der Waals surface area contributed by atoms with Gasteiger partial charge in [-0.3, -0.25) is 9.52 Å². The number of hydrogen-bond acceptors (Lipinski definition) is 8. The van der Waals surface area contributed by atoms with Crippen LogP contribution in [0, 0.1) is 0 Å². The Balaban J connectivity index is 1.71. The second-order valence-electron chi connectivity index (χ2n) is 8.29. The maximum Gasteiger partial charge on any atom is 0.263 e. The van der Waals surface area contributed by atoms with Crippen molar-refractivity contribution in [1.82, 2.24) is 15.3 Å². The van der Waals surface area contributed by atoms with Crippen molar-refractivity contribution in [2.75, 3.05) is 24.2 Å². The van der Waals surface area contributed by atoms with Gasteiger partial charge in [-0.2, -0.15) is 0 Å². The molecule has 0 aliphatic rings. The number of Topliss-reactive ketones (excluding diaryl/α,β-unsaturated/α-hetero) is 1. The van der Waals surface area contributed by atoms with Gasteiger partial charge in [0.2, 0.25) is 0 Å². The number of para-hydroxylation sites is 2. The molecule has 9 nitrogen and oxygen atoms in total. The van der Waals surface area contributed by atoms with Crippen LogP contribution in [0.3, 0.4) is 0 Å². The van der Waals surface area contributed by atoms with E-state index in [-0.39, 0.29) is 34.8 Å². The number of ketones is 1. The molecule has 1 heterocycles. The summed E-state index contributed by atoms with van der Waals surface area (Å²) in [5.74, 6) is 0.656. The number of anilines is 3. The molecule has 11 heteroatoms. The largest absolute Gasteiger partial charge is 0.497 e. The predicted molar refractivity (Wildman–Crippen MR) is 145 cm³/mol. The molecule has 0 aliphatic heterocycles. The number of nitrogens with one attached hydrogen (secondary N) is 3. The van der Waals surface area contributed by atoms with Crippen molar-refractivity contribution in [3.8, 4) is 5.75 Å². The van der Waals surface area contributed by atoms with E-state index >= 15 is 0 Å². The lowest BCUT2D eigenvalue weighted by Crippen LogP contribution is -2.31. The number of rotatable bonds is 10. The molecule has 0 saturated heterocycles. The molecular formula is C26H26ClN5O4S. The molecule has 0 fully saturated rings. The number of benzene rings is 3. The molecule has 0 saturated carbocycles. The summed E-state index contributed by atoms with van der Waals surface area (Å²) < 4.78 is 34.6. The second-order valence-corrected chi connectivity index (χ2v) is 10.4. The van der Waals surface area contributed by atoms with Gasteiger partial charge in [-0.1, -0.05) is 35.9 Å². The van der Waals surface area contributed by atoms with Crippen LogP contribution >= 0.6 is 11.6 Å². The summed E-state index contributed by atoms with van der Waals surface area (Å²) in [5, 5.41) is 6.36. The van der Waals surface area contributed by atoms with E-state index in [1.165, 1.54) is 19.2 Å². The van der Waals surface area contributed by atoms with Gasteiger partial charge in [0.15, 0.2) is 17.4 Å². The highest BCUT2D eigenvalue weighted by atomic mass is 35.5. The molecule has 4 rings (SSSR count). The molecule has 0 spiro atoms. The molecule has 1 aromatic heterocycles. The van der Waals surface area contributed by atoms with Crippen LogP contribution in [-0.4, -0.2) is 44.4 Å². The summed E-state index contributed by atoms with van der Waals surface area (Å²) in [4.78, 5) is 21.4. The van der Waals surface area contributed by atoms with Crippen molar-refractivity contribution in [3.63, 3.8) is 0 Å². The minimum Gasteiger partial charge on any atom is -0.497 e. The zero-order chi connectivity index (χ0) is 26.6. The third kappa shape index (κ3) is 6.16. The molecule has 0 aliphatic carbocycles. The molecule has 3 N–H and O–H groups in total. The smallest absolute Gasteiger partial charge is 0.263 e. The van der Waals surface area contributed by atoms with Crippen LogP contribution in [0.25, 0.3) is 11.0 Å². The van der Waals surface area contributed by atoms with E-state index in [1.807, 2.05) is 6.07 Å². The lowest BCUT2D eigenvalue weighted by Gasteiger charge is -2.15. The number of carbonyl (C=O) groups excluding carboxylic acids is 1. The molecule has 3 aromatic carbocycles. The Bertz CT molecular complexity index is 1560. The summed E-state index contributed by atoms with van der Waals surface area (Å²) >= 11 is 6.36. The van der Waals surface area contributed by atoms with Gasteiger partial charge in [-0.05, 0) is 55.9 Å². The number of aromatic nitrogens is 2. The lowest BCUT2D eigenvalue weighted by molar-refractivity contribution is -0.119. The quantitative estimate of drug-likeness (QED) is 0.268. The standard InChI is InChI=1S/C26H26ClN5O4S/c1-16(28-2)24(33)14-17-7-6-8-19(13-17)37(34,35)32-26-25(29-21-9-4-5-10-22(21)30-26)31-23-15-18(36-3)11-12-20(23)27/h4-13,15-16,28H,14H2,1-3H3,(H,29,31)(H,30,32)/t16-/m0/s1. The third-order valence-electron chi connectivity index (χ3n) is 5.73. The first-order chi connectivity index (χ1) is 17.7. The van der Waals surface area contributed by atoms with Crippen LogP contribution in [-0.2, 0) is 21.2 Å². The van der Waals surface area contributed by atoms with Gasteiger partial charge in [0.05, 0.1) is 39.8 Å². The van der Waals surface area contributed by atoms with Gasteiger partial charge < -0.3 is 15.4 Å². The first-order valence-corrected chi connectivity index (χ1v) is 13.3. The molecule has 1 atom stereocenters. The third-order valence-corrected chi connectivity index (χ3v) is 7.40. The van der Waals surface area contributed by atoms with E-state index in [0.29, 0.717) is 33.1 Å². The zero-order valence-corrected chi connectivity index (χ0v) is 22.0. The van der Waals surface area contributed by atoms with Crippen molar-refractivity contribution in [1.29, 1.82) is 0 Å².